The number of halogens is 1. The van der Waals surface area contributed by atoms with E-state index in [9.17, 15) is 4.39 Å². The number of hydrogen-bond acceptors (Lipinski definition) is 1. The topological polar surface area (TPSA) is 23.9 Å². The summed E-state index contributed by atoms with van der Waals surface area (Å²) in [5.41, 5.74) is 0. The zero-order valence-electron chi connectivity index (χ0n) is 2.16. The van der Waals surface area contributed by atoms with Crippen LogP contribution in [0.1, 0.15) is 0 Å². The summed E-state index contributed by atoms with van der Waals surface area (Å²) in [6.45, 7) is -0.639. The van der Waals surface area contributed by atoms with E-state index in [4.69, 9.17) is 5.41 Å². The number of rotatable bonds is 1. The zero-order valence-corrected chi connectivity index (χ0v) is 2.16. The van der Waals surface area contributed by atoms with Gasteiger partial charge in [0.2, 0.25) is 0 Å². The van der Waals surface area contributed by atoms with Crippen LogP contribution in [0.25, 0.3) is 0 Å². The lowest BCUT2D eigenvalue weighted by atomic mass is 10.9. The first-order valence-electron chi connectivity index (χ1n) is 0.964. The van der Waals surface area contributed by atoms with Crippen molar-refractivity contribution in [2.24, 2.45) is 0 Å². The summed E-state index contributed by atoms with van der Waals surface area (Å²) in [7, 11) is 0. The number of nitrogens with one attached hydrogen (secondary N) is 1. The summed E-state index contributed by atoms with van der Waals surface area (Å²) in [6.07, 6.45) is 0.708. The fourth-order valence-corrected chi connectivity index (χ4v) is 0. The molecule has 0 bridgehead atoms. The van der Waals surface area contributed by atoms with Crippen molar-refractivity contribution in [2.75, 3.05) is 6.67 Å². The minimum absolute atomic E-state index is 0.639. The van der Waals surface area contributed by atoms with Crippen LogP contribution in [0.5, 0.6) is 0 Å². The van der Waals surface area contributed by atoms with Crippen molar-refractivity contribution in [1.29, 1.82) is 5.41 Å². The Kier molecular flexibility index (Phi) is 2.34. The highest BCUT2D eigenvalue weighted by Gasteiger charge is 1.52. The van der Waals surface area contributed by atoms with Gasteiger partial charge in [-0.25, -0.2) is 4.39 Å². The van der Waals surface area contributed by atoms with Crippen LogP contribution in [0.15, 0.2) is 0 Å². The molecule has 0 fully saturated rings. The maximum absolute atomic E-state index is 10.5. The molecule has 0 aromatic rings. The molecule has 0 spiro atoms. The van der Waals surface area contributed by atoms with Crippen molar-refractivity contribution in [3.05, 3.63) is 0 Å². The Hall–Kier alpha value is -0.400. The highest BCUT2D eigenvalue weighted by Crippen LogP contribution is 1.47. The molecule has 0 aliphatic rings. The zero-order chi connectivity index (χ0) is 3.41. The lowest BCUT2D eigenvalue weighted by Gasteiger charge is -1.53. The molecule has 1 N–H and O–H groups in total. The molecule has 1 nitrogen and oxygen atoms in total. The van der Waals surface area contributed by atoms with Gasteiger partial charge in [0.1, 0.15) is 6.67 Å². The van der Waals surface area contributed by atoms with Crippen molar-refractivity contribution in [3.8, 4) is 0 Å². The summed E-state index contributed by atoms with van der Waals surface area (Å²) in [5.74, 6) is 0. The van der Waals surface area contributed by atoms with Gasteiger partial charge in [0.15, 0.2) is 0 Å². The van der Waals surface area contributed by atoms with Gasteiger partial charge in [0, 0.05) is 6.21 Å². The average Bonchev–Trinajstić information content (AvgIpc) is 1.37. The van der Waals surface area contributed by atoms with Crippen molar-refractivity contribution < 1.29 is 4.39 Å². The van der Waals surface area contributed by atoms with Gasteiger partial charge >= 0.3 is 0 Å². The van der Waals surface area contributed by atoms with Crippen LogP contribution in [-0.2, 0) is 0 Å². The van der Waals surface area contributed by atoms with Crippen LogP contribution in [0.3, 0.4) is 0 Å². The molecule has 0 rings (SSSR count). The Balaban J connectivity index is 2.30. The van der Waals surface area contributed by atoms with Gasteiger partial charge in [0.05, 0.1) is 0 Å². The van der Waals surface area contributed by atoms with Crippen LogP contribution in [-0.4, -0.2) is 12.9 Å². The molecule has 0 saturated heterocycles. The van der Waals surface area contributed by atoms with E-state index < -0.39 is 6.67 Å². The molecule has 0 aromatic carbocycles. The largest absolute Gasteiger partial charge is 0.310 e. The molecule has 0 atom stereocenters. The average molecular weight is 60.1 g/mol. The molecule has 4 heavy (non-hydrogen) atoms. The molecule has 0 aliphatic heterocycles. The van der Waals surface area contributed by atoms with Crippen LogP contribution in [0.4, 0.5) is 4.39 Å². The van der Waals surface area contributed by atoms with Crippen molar-refractivity contribution >= 4 is 6.21 Å². The monoisotopic (exact) mass is 60.0 g/mol. The first kappa shape index (κ1) is 3.60. The third kappa shape index (κ3) is 1.60. The van der Waals surface area contributed by atoms with Crippen molar-refractivity contribution in [1.82, 2.24) is 0 Å². The number of alkyl halides is 1. The second-order valence-electron chi connectivity index (χ2n) is 0.358. The van der Waals surface area contributed by atoms with Crippen LogP contribution in [0, 0.1) is 5.41 Å². The van der Waals surface area contributed by atoms with Crippen LogP contribution < -0.4 is 0 Å². The molecule has 0 aromatic heterocycles. The Labute approximate surface area is 24.0 Å². The summed E-state index contributed by atoms with van der Waals surface area (Å²) >= 11 is 0. The molecule has 0 saturated carbocycles. The van der Waals surface area contributed by atoms with Gasteiger partial charge in [0.25, 0.3) is 0 Å². The van der Waals surface area contributed by atoms with E-state index >= 15 is 0 Å². The Morgan fingerprint density at radius 1 is 2.00 bits per heavy atom. The first-order valence-corrected chi connectivity index (χ1v) is 0.964. The molecule has 0 aliphatic carbocycles. The van der Waals surface area contributed by atoms with E-state index in [1.165, 1.54) is 0 Å². The van der Waals surface area contributed by atoms with Crippen molar-refractivity contribution in [3.63, 3.8) is 0 Å². The molecule has 2 heteroatoms. The van der Waals surface area contributed by atoms with Crippen LogP contribution in [0.2, 0.25) is 0 Å². The van der Waals surface area contributed by atoms with Gasteiger partial charge in [-0.3, -0.25) is 0 Å². The molecule has 0 heterocycles. The van der Waals surface area contributed by atoms with Gasteiger partial charge in [-0.1, -0.05) is 0 Å². The summed E-state index contributed by atoms with van der Waals surface area (Å²) in [4.78, 5) is 0. The van der Waals surface area contributed by atoms with E-state index in [-0.39, 0.29) is 0 Å². The van der Waals surface area contributed by atoms with Gasteiger partial charge in [-0.2, -0.15) is 0 Å². The minimum atomic E-state index is -0.639. The molecule has 24 valence electrons. The SMILES string of the molecule is N=CC[18F]. The molecule has 0 amide bonds. The second-order valence-corrected chi connectivity index (χ2v) is 0.358. The smallest absolute Gasteiger partial charge is 0.124 e. The van der Waals surface area contributed by atoms with E-state index in [1.54, 1.807) is 0 Å². The lowest BCUT2D eigenvalue weighted by Crippen LogP contribution is -1.63. The quantitative estimate of drug-likeness (QED) is 0.428. The maximum atomic E-state index is 10.5. The van der Waals surface area contributed by atoms with E-state index in [1.807, 2.05) is 0 Å². The Morgan fingerprint density at radius 2 is 2.25 bits per heavy atom. The highest BCUT2D eigenvalue weighted by molar-refractivity contribution is 5.53. The maximum Gasteiger partial charge on any atom is 0.124 e. The van der Waals surface area contributed by atoms with Crippen LogP contribution >= 0.6 is 0 Å². The van der Waals surface area contributed by atoms with E-state index in [0.717, 1.165) is 0 Å². The fraction of sp³-hybridized carbons (Fsp3) is 0.500. The number of hydrogen-bond donors (Lipinski definition) is 1. The summed E-state index contributed by atoms with van der Waals surface area (Å²) in [5, 5.41) is 5.95. The Bertz CT molecular complexity index is 20.0. The Morgan fingerprint density at radius 3 is 2.25 bits per heavy atom. The van der Waals surface area contributed by atoms with Gasteiger partial charge in [-0.05, 0) is 0 Å². The van der Waals surface area contributed by atoms with Crippen molar-refractivity contribution in [2.45, 2.75) is 0 Å². The standard InChI is InChI=1S/C2H4FN/c3-1-2-4/h2,4H,1H2/i3-1. The lowest BCUT2D eigenvalue weighted by molar-refractivity contribution is 0.586. The normalized spacial score (nSPS) is 6.25. The van der Waals surface area contributed by atoms with E-state index in [2.05, 4.69) is 0 Å². The minimum Gasteiger partial charge on any atom is -0.310 e. The molecule has 0 radical (unpaired) electrons. The van der Waals surface area contributed by atoms with Gasteiger partial charge < -0.3 is 5.41 Å². The second kappa shape index (κ2) is 2.60. The molecule has 0 unspecified atom stereocenters. The predicted octanol–water partition coefficient (Wildman–Crippen LogP) is 0.605. The predicted molar refractivity (Wildman–Crippen MR) is 14.8 cm³/mol. The molecular weight excluding hydrogens is 56.0 g/mol. The summed E-state index contributed by atoms with van der Waals surface area (Å²) in [6, 6.07) is 0. The molecular formula is C2H4FN. The first-order chi connectivity index (χ1) is 1.91. The third-order valence-electron chi connectivity index (χ3n) is 0.0772. The highest BCUT2D eigenvalue weighted by atomic mass is 18.2. The fourth-order valence-electron chi connectivity index (χ4n) is 0. The van der Waals surface area contributed by atoms with E-state index in [0.29, 0.717) is 6.21 Å². The third-order valence-corrected chi connectivity index (χ3v) is 0.0772. The van der Waals surface area contributed by atoms with Gasteiger partial charge in [-0.15, -0.1) is 0 Å². The summed E-state index contributed by atoms with van der Waals surface area (Å²) < 4.78 is 10.5.